The Morgan fingerprint density at radius 1 is 1.56 bits per heavy atom. The van der Waals surface area contributed by atoms with Gasteiger partial charge in [-0.05, 0) is 50.0 Å². The van der Waals surface area contributed by atoms with Crippen LogP contribution in [-0.2, 0) is 4.79 Å². The summed E-state index contributed by atoms with van der Waals surface area (Å²) in [6, 6.07) is 0. The second kappa shape index (κ2) is 4.78. The molecule has 102 valence electrons. The molecule has 2 aliphatic rings. The molecule has 0 aliphatic heterocycles. The van der Waals surface area contributed by atoms with E-state index in [9.17, 15) is 15.0 Å². The van der Waals surface area contributed by atoms with Crippen LogP contribution in [0.5, 0.6) is 0 Å². The van der Waals surface area contributed by atoms with Crippen LogP contribution in [0, 0.1) is 23.7 Å². The molecular formula is C15H24O3. The van der Waals surface area contributed by atoms with E-state index in [1.165, 1.54) is 0 Å². The van der Waals surface area contributed by atoms with Crippen molar-refractivity contribution in [3.05, 3.63) is 11.6 Å². The van der Waals surface area contributed by atoms with Gasteiger partial charge in [0.25, 0.3) is 0 Å². The van der Waals surface area contributed by atoms with Crippen LogP contribution >= 0.6 is 0 Å². The molecule has 0 radical (unpaired) electrons. The fourth-order valence-electron chi connectivity index (χ4n) is 3.69. The van der Waals surface area contributed by atoms with Gasteiger partial charge in [0.1, 0.15) is 0 Å². The first kappa shape index (κ1) is 13.8. The Bertz CT molecular complexity index is 370. The zero-order chi connectivity index (χ0) is 13.5. The maximum Gasteiger partial charge on any atom is 0.158 e. The van der Waals surface area contributed by atoms with Crippen LogP contribution in [0.4, 0.5) is 0 Å². The van der Waals surface area contributed by atoms with Crippen LogP contribution < -0.4 is 0 Å². The van der Waals surface area contributed by atoms with Crippen molar-refractivity contribution in [3.63, 3.8) is 0 Å². The quantitative estimate of drug-likeness (QED) is 0.789. The molecule has 5 atom stereocenters. The lowest BCUT2D eigenvalue weighted by Gasteiger charge is -2.49. The molecule has 0 aromatic carbocycles. The van der Waals surface area contributed by atoms with Crippen LogP contribution in [-0.4, -0.2) is 28.2 Å². The Hall–Kier alpha value is -0.670. The van der Waals surface area contributed by atoms with E-state index in [1.807, 2.05) is 19.9 Å². The van der Waals surface area contributed by atoms with Gasteiger partial charge in [-0.15, -0.1) is 0 Å². The molecule has 0 aromatic rings. The van der Waals surface area contributed by atoms with Crippen molar-refractivity contribution < 1.29 is 15.0 Å². The summed E-state index contributed by atoms with van der Waals surface area (Å²) in [5.74, 6) is 1.01. The molecule has 2 rings (SSSR count). The highest BCUT2D eigenvalue weighted by Gasteiger charge is 2.48. The lowest BCUT2D eigenvalue weighted by Crippen LogP contribution is -2.50. The highest BCUT2D eigenvalue weighted by atomic mass is 16.3. The topological polar surface area (TPSA) is 57.5 Å². The molecule has 0 spiro atoms. The Balaban J connectivity index is 2.33. The average Bonchev–Trinajstić information content (AvgIpc) is 2.31. The summed E-state index contributed by atoms with van der Waals surface area (Å²) in [6.07, 6.45) is 4.15. The van der Waals surface area contributed by atoms with E-state index >= 15 is 0 Å². The Morgan fingerprint density at radius 3 is 2.83 bits per heavy atom. The van der Waals surface area contributed by atoms with Crippen LogP contribution in [0.2, 0.25) is 0 Å². The highest BCUT2D eigenvalue weighted by Crippen LogP contribution is 2.48. The van der Waals surface area contributed by atoms with Gasteiger partial charge in [0.05, 0.1) is 5.60 Å². The molecule has 3 heteroatoms. The second-order valence-corrected chi connectivity index (χ2v) is 6.38. The van der Waals surface area contributed by atoms with Gasteiger partial charge in [0, 0.05) is 18.9 Å². The number of aliphatic hydroxyl groups is 2. The number of Topliss-reactive ketones (excluding diaryl/α,β-unsaturated/α-hetero) is 1. The van der Waals surface area contributed by atoms with Gasteiger partial charge in [-0.25, -0.2) is 0 Å². The van der Waals surface area contributed by atoms with E-state index in [0.717, 1.165) is 18.4 Å². The van der Waals surface area contributed by atoms with Crippen LogP contribution in [0.3, 0.4) is 0 Å². The van der Waals surface area contributed by atoms with E-state index in [0.29, 0.717) is 12.3 Å². The minimum atomic E-state index is -0.747. The van der Waals surface area contributed by atoms with Crippen molar-refractivity contribution in [2.75, 3.05) is 6.61 Å². The van der Waals surface area contributed by atoms with Crippen molar-refractivity contribution in [2.45, 2.75) is 45.6 Å². The first-order chi connectivity index (χ1) is 8.36. The summed E-state index contributed by atoms with van der Waals surface area (Å²) in [4.78, 5) is 11.9. The van der Waals surface area contributed by atoms with Crippen molar-refractivity contribution in [1.29, 1.82) is 0 Å². The van der Waals surface area contributed by atoms with E-state index in [-0.39, 0.29) is 30.1 Å². The number of hydrogen-bond acceptors (Lipinski definition) is 3. The molecule has 1 unspecified atom stereocenters. The molecule has 1 saturated carbocycles. The molecular weight excluding hydrogens is 228 g/mol. The largest absolute Gasteiger partial charge is 0.396 e. The third kappa shape index (κ3) is 2.26. The lowest BCUT2D eigenvalue weighted by atomic mass is 9.58. The van der Waals surface area contributed by atoms with Gasteiger partial charge in [0.15, 0.2) is 5.78 Å². The molecule has 18 heavy (non-hydrogen) atoms. The molecule has 1 fully saturated rings. The number of hydrogen-bond donors (Lipinski definition) is 2. The third-order valence-electron chi connectivity index (χ3n) is 5.05. The summed E-state index contributed by atoms with van der Waals surface area (Å²) in [7, 11) is 0. The third-order valence-corrected chi connectivity index (χ3v) is 5.05. The fourth-order valence-corrected chi connectivity index (χ4v) is 3.69. The zero-order valence-electron chi connectivity index (χ0n) is 11.5. The Labute approximate surface area is 109 Å². The maximum absolute atomic E-state index is 11.9. The van der Waals surface area contributed by atoms with Crippen LogP contribution in [0.25, 0.3) is 0 Å². The number of carbonyl (C=O) groups excluding carboxylic acids is 1. The smallest absolute Gasteiger partial charge is 0.158 e. The van der Waals surface area contributed by atoms with Crippen molar-refractivity contribution in [3.8, 4) is 0 Å². The molecule has 0 heterocycles. The molecule has 0 bridgehead atoms. The Kier molecular flexibility index (Phi) is 3.65. The number of aliphatic hydroxyl groups excluding tert-OH is 1. The number of ketones is 1. The molecule has 0 amide bonds. The molecule has 3 nitrogen and oxygen atoms in total. The predicted molar refractivity (Wildman–Crippen MR) is 70.0 cm³/mol. The van der Waals surface area contributed by atoms with Crippen molar-refractivity contribution in [2.24, 2.45) is 23.7 Å². The minimum Gasteiger partial charge on any atom is -0.396 e. The summed E-state index contributed by atoms with van der Waals surface area (Å²) >= 11 is 0. The standard InChI is InChI=1S/C15H24O3/c1-9-6-12-11(10(2)8-16)4-5-15(3,18)13(12)7-14(9)17/h6,10-13,16,18H,4-5,7-8H2,1-3H3/t10?,11-,12-,13-,15+/m0/s1. The zero-order valence-corrected chi connectivity index (χ0v) is 11.5. The fraction of sp³-hybridized carbons (Fsp3) is 0.800. The lowest BCUT2D eigenvalue weighted by molar-refractivity contribution is -0.127. The van der Waals surface area contributed by atoms with E-state index in [4.69, 9.17) is 0 Å². The molecule has 2 N–H and O–H groups in total. The van der Waals surface area contributed by atoms with E-state index in [1.54, 1.807) is 0 Å². The monoisotopic (exact) mass is 252 g/mol. The molecule has 2 aliphatic carbocycles. The number of fused-ring (bicyclic) bond motifs is 1. The summed E-state index contributed by atoms with van der Waals surface area (Å²) in [6.45, 7) is 5.95. The normalized spacial score (nSPS) is 42.2. The van der Waals surface area contributed by atoms with Gasteiger partial charge < -0.3 is 10.2 Å². The van der Waals surface area contributed by atoms with E-state index in [2.05, 4.69) is 6.92 Å². The first-order valence-electron chi connectivity index (χ1n) is 6.91. The number of rotatable bonds is 2. The van der Waals surface area contributed by atoms with Gasteiger partial charge >= 0.3 is 0 Å². The molecule has 0 aromatic heterocycles. The number of carbonyl (C=O) groups is 1. The second-order valence-electron chi connectivity index (χ2n) is 6.38. The van der Waals surface area contributed by atoms with Crippen LogP contribution in [0.15, 0.2) is 11.6 Å². The van der Waals surface area contributed by atoms with E-state index < -0.39 is 5.60 Å². The minimum absolute atomic E-state index is 0.0152. The predicted octanol–water partition coefficient (Wildman–Crippen LogP) is 1.93. The SMILES string of the molecule is CC1=C[C@H]2[C@H](C(C)CO)CC[C@@](C)(O)[C@H]2CC1=O. The van der Waals surface area contributed by atoms with Gasteiger partial charge in [-0.2, -0.15) is 0 Å². The van der Waals surface area contributed by atoms with Gasteiger partial charge in [-0.1, -0.05) is 13.0 Å². The van der Waals surface area contributed by atoms with Crippen LogP contribution in [0.1, 0.15) is 40.0 Å². The molecule has 0 saturated heterocycles. The van der Waals surface area contributed by atoms with Crippen molar-refractivity contribution in [1.82, 2.24) is 0 Å². The number of allylic oxidation sites excluding steroid dienone is 2. The first-order valence-corrected chi connectivity index (χ1v) is 6.91. The average molecular weight is 252 g/mol. The summed E-state index contributed by atoms with van der Waals surface area (Å²) in [5.41, 5.74) is 0.0764. The highest BCUT2D eigenvalue weighted by molar-refractivity contribution is 5.95. The van der Waals surface area contributed by atoms with Gasteiger partial charge in [-0.3, -0.25) is 4.79 Å². The summed E-state index contributed by atoms with van der Waals surface area (Å²) < 4.78 is 0. The van der Waals surface area contributed by atoms with Crippen molar-refractivity contribution >= 4 is 5.78 Å². The van der Waals surface area contributed by atoms with Gasteiger partial charge in [0.2, 0.25) is 0 Å². The maximum atomic E-state index is 11.9. The Morgan fingerprint density at radius 2 is 2.22 bits per heavy atom. The summed E-state index contributed by atoms with van der Waals surface area (Å²) in [5, 5.41) is 19.9.